The number of ether oxygens (including phenoxy) is 1. The van der Waals surface area contributed by atoms with Crippen LogP contribution in [0.5, 0.6) is 0 Å². The van der Waals surface area contributed by atoms with Crippen molar-refractivity contribution in [1.29, 1.82) is 0 Å². The molecule has 1 saturated heterocycles. The molecule has 1 aliphatic rings. The van der Waals surface area contributed by atoms with E-state index in [0.717, 1.165) is 18.5 Å². The topological polar surface area (TPSA) is 21.3 Å². The molecule has 0 bridgehead atoms. The van der Waals surface area contributed by atoms with E-state index in [2.05, 4.69) is 5.32 Å². The van der Waals surface area contributed by atoms with Gasteiger partial charge in [0.05, 0.1) is 29.9 Å². The summed E-state index contributed by atoms with van der Waals surface area (Å²) in [5.74, 6) is 0. The van der Waals surface area contributed by atoms with Gasteiger partial charge in [0.1, 0.15) is 0 Å². The number of nitrogens with one attached hydrogen (secondary N) is 1. The monoisotopic (exact) mass is 438 g/mol. The van der Waals surface area contributed by atoms with Crippen LogP contribution in [0.2, 0.25) is 0 Å². The van der Waals surface area contributed by atoms with E-state index >= 15 is 0 Å². The Labute approximate surface area is 170 Å². The van der Waals surface area contributed by atoms with E-state index in [1.807, 2.05) is 30.3 Å². The van der Waals surface area contributed by atoms with Crippen LogP contribution in [0.15, 0.2) is 48.5 Å². The average molecular weight is 439 g/mol. The standard InChI is InChI=1S/C20H19F6NO.ClH/c21-19(22,23)15-9-13(10-16(11-15)20(24,25)26)12-28-17-7-4-8-27-18(17)14-5-2-1-3-6-14;/h1-3,5-6,9-11,17-18,27H,4,7-8,12H2;1H/p-1/t17-,18-;/m1./s1. The average Bonchev–Trinajstić information content (AvgIpc) is 2.66. The molecule has 2 nitrogen and oxygen atoms in total. The molecule has 1 heterocycles. The van der Waals surface area contributed by atoms with Crippen LogP contribution in [0.1, 0.15) is 41.1 Å². The molecule has 160 valence electrons. The third-order valence-electron chi connectivity index (χ3n) is 4.67. The number of alkyl halides is 6. The normalized spacial score (nSPS) is 20.2. The zero-order valence-corrected chi connectivity index (χ0v) is 15.9. The molecule has 2 aromatic rings. The lowest BCUT2D eigenvalue weighted by atomic mass is 9.94. The van der Waals surface area contributed by atoms with Gasteiger partial charge in [0, 0.05) is 0 Å². The summed E-state index contributed by atoms with van der Waals surface area (Å²) in [5, 5.41) is 3.31. The van der Waals surface area contributed by atoms with Gasteiger partial charge in [0.2, 0.25) is 0 Å². The fourth-order valence-corrected chi connectivity index (χ4v) is 3.34. The molecule has 2 aromatic carbocycles. The van der Waals surface area contributed by atoms with Crippen LogP contribution >= 0.6 is 0 Å². The van der Waals surface area contributed by atoms with Gasteiger partial charge >= 0.3 is 12.4 Å². The maximum atomic E-state index is 13.0. The van der Waals surface area contributed by atoms with Crippen molar-refractivity contribution in [2.24, 2.45) is 0 Å². The molecule has 29 heavy (non-hydrogen) atoms. The first-order valence-corrected chi connectivity index (χ1v) is 8.83. The van der Waals surface area contributed by atoms with Gasteiger partial charge in [-0.25, -0.2) is 0 Å². The lowest BCUT2D eigenvalue weighted by Crippen LogP contribution is -3.00. The largest absolute Gasteiger partial charge is 1.00 e. The summed E-state index contributed by atoms with van der Waals surface area (Å²) in [5.41, 5.74) is -1.85. The molecule has 3 rings (SSSR count). The van der Waals surface area contributed by atoms with Crippen LogP contribution in [-0.2, 0) is 23.7 Å². The minimum atomic E-state index is -4.87. The van der Waals surface area contributed by atoms with Crippen LogP contribution in [0, 0.1) is 0 Å². The third kappa shape index (κ3) is 6.10. The van der Waals surface area contributed by atoms with E-state index < -0.39 is 23.5 Å². The van der Waals surface area contributed by atoms with E-state index in [-0.39, 0.29) is 42.8 Å². The molecule has 1 N–H and O–H groups in total. The molecule has 1 aliphatic heterocycles. The van der Waals surface area contributed by atoms with Crippen LogP contribution in [0.25, 0.3) is 0 Å². The summed E-state index contributed by atoms with van der Waals surface area (Å²) in [7, 11) is 0. The lowest BCUT2D eigenvalue weighted by molar-refractivity contribution is -0.143. The predicted octanol–water partition coefficient (Wildman–Crippen LogP) is 2.74. The number of benzene rings is 2. The van der Waals surface area contributed by atoms with Crippen molar-refractivity contribution in [3.8, 4) is 0 Å². The molecule has 1 fully saturated rings. The van der Waals surface area contributed by atoms with E-state index in [4.69, 9.17) is 4.74 Å². The Morgan fingerprint density at radius 3 is 2.03 bits per heavy atom. The fraction of sp³-hybridized carbons (Fsp3) is 0.400. The Morgan fingerprint density at radius 1 is 0.897 bits per heavy atom. The van der Waals surface area contributed by atoms with E-state index in [9.17, 15) is 26.3 Å². The second kappa shape index (κ2) is 9.36. The molecule has 9 heteroatoms. The Hall–Kier alpha value is -1.77. The van der Waals surface area contributed by atoms with Crippen molar-refractivity contribution in [2.45, 2.75) is 43.9 Å². The fourth-order valence-electron chi connectivity index (χ4n) is 3.34. The summed E-state index contributed by atoms with van der Waals surface area (Å²) in [6.07, 6.45) is -8.61. The second-order valence-corrected chi connectivity index (χ2v) is 6.75. The SMILES string of the molecule is FC(F)(F)c1cc(CO[C@@H]2CCCN[C@@H]2c2ccccc2)cc(C(F)(F)F)c1.[Cl-]. The molecule has 0 spiro atoms. The maximum absolute atomic E-state index is 13.0. The molecular weight excluding hydrogens is 420 g/mol. The third-order valence-corrected chi connectivity index (χ3v) is 4.67. The van der Waals surface area contributed by atoms with Gasteiger partial charge in [-0.15, -0.1) is 0 Å². The molecule has 0 saturated carbocycles. The van der Waals surface area contributed by atoms with Gasteiger partial charge in [0.15, 0.2) is 0 Å². The van der Waals surface area contributed by atoms with Crippen molar-refractivity contribution in [3.63, 3.8) is 0 Å². The van der Waals surface area contributed by atoms with Gasteiger partial charge < -0.3 is 22.5 Å². The minimum Gasteiger partial charge on any atom is -1.00 e. The lowest BCUT2D eigenvalue weighted by Gasteiger charge is -2.33. The van der Waals surface area contributed by atoms with Gasteiger partial charge in [-0.05, 0) is 48.7 Å². The Balaban J connectivity index is 0.00000300. The molecule has 0 radical (unpaired) electrons. The van der Waals surface area contributed by atoms with Crippen LogP contribution in [0.3, 0.4) is 0 Å². The van der Waals surface area contributed by atoms with Crippen LogP contribution in [0.4, 0.5) is 26.3 Å². The van der Waals surface area contributed by atoms with Gasteiger partial charge in [-0.2, -0.15) is 26.3 Å². The summed E-state index contributed by atoms with van der Waals surface area (Å²) in [6.45, 7) is 0.434. The Bertz CT molecular complexity index is 762. The molecule has 0 amide bonds. The first kappa shape index (κ1) is 23.5. The predicted molar refractivity (Wildman–Crippen MR) is 91.4 cm³/mol. The summed E-state index contributed by atoms with van der Waals surface area (Å²) in [4.78, 5) is 0. The summed E-state index contributed by atoms with van der Waals surface area (Å²) in [6, 6.07) is 10.8. The van der Waals surface area contributed by atoms with Gasteiger partial charge in [-0.3, -0.25) is 0 Å². The Kier molecular flexibility index (Phi) is 7.59. The Morgan fingerprint density at radius 2 is 1.48 bits per heavy atom. The number of rotatable bonds is 4. The number of hydrogen-bond acceptors (Lipinski definition) is 2. The van der Waals surface area contributed by atoms with Gasteiger partial charge in [0.25, 0.3) is 0 Å². The molecule has 2 atom stereocenters. The highest BCUT2D eigenvalue weighted by Crippen LogP contribution is 2.37. The van der Waals surface area contributed by atoms with Crippen molar-refractivity contribution < 1.29 is 43.5 Å². The summed E-state index contributed by atoms with van der Waals surface area (Å²) < 4.78 is 83.8. The highest BCUT2D eigenvalue weighted by molar-refractivity contribution is 5.33. The number of halogens is 7. The highest BCUT2D eigenvalue weighted by atomic mass is 35.5. The van der Waals surface area contributed by atoms with E-state index in [1.54, 1.807) is 0 Å². The quantitative estimate of drug-likeness (QED) is 0.741. The number of hydrogen-bond donors (Lipinski definition) is 1. The van der Waals surface area contributed by atoms with E-state index in [0.29, 0.717) is 18.6 Å². The first-order chi connectivity index (χ1) is 13.1. The summed E-state index contributed by atoms with van der Waals surface area (Å²) >= 11 is 0. The zero-order chi connectivity index (χ0) is 20.4. The van der Waals surface area contributed by atoms with Crippen molar-refractivity contribution in [3.05, 3.63) is 70.8 Å². The van der Waals surface area contributed by atoms with Crippen LogP contribution < -0.4 is 17.7 Å². The van der Waals surface area contributed by atoms with E-state index in [1.165, 1.54) is 0 Å². The number of piperidine rings is 1. The van der Waals surface area contributed by atoms with Crippen molar-refractivity contribution in [1.82, 2.24) is 5.32 Å². The zero-order valence-electron chi connectivity index (χ0n) is 15.2. The van der Waals surface area contributed by atoms with Crippen molar-refractivity contribution in [2.75, 3.05) is 6.54 Å². The molecular formula is C20H19ClF6NO-. The highest BCUT2D eigenvalue weighted by Gasteiger charge is 2.37. The molecule has 0 aromatic heterocycles. The minimum absolute atomic E-state index is 0. The first-order valence-electron chi connectivity index (χ1n) is 8.83. The molecule has 0 unspecified atom stereocenters. The maximum Gasteiger partial charge on any atom is 0.416 e. The molecule has 0 aliphatic carbocycles. The van der Waals surface area contributed by atoms with Crippen molar-refractivity contribution >= 4 is 0 Å². The smallest absolute Gasteiger partial charge is 0.416 e. The second-order valence-electron chi connectivity index (χ2n) is 6.75. The van der Waals surface area contributed by atoms with Crippen LogP contribution in [-0.4, -0.2) is 12.6 Å². The van der Waals surface area contributed by atoms with Gasteiger partial charge in [-0.1, -0.05) is 30.3 Å².